The van der Waals surface area contributed by atoms with Gasteiger partial charge >= 0.3 is 0 Å². The summed E-state index contributed by atoms with van der Waals surface area (Å²) in [7, 11) is 3.78. The van der Waals surface area contributed by atoms with Crippen molar-refractivity contribution >= 4 is 39.8 Å². The van der Waals surface area contributed by atoms with E-state index < -0.39 is 11.8 Å². The van der Waals surface area contributed by atoms with Crippen LogP contribution in [0.5, 0.6) is 0 Å². The van der Waals surface area contributed by atoms with Crippen molar-refractivity contribution in [1.82, 2.24) is 42.7 Å². The Kier molecular flexibility index (Phi) is 11.3. The van der Waals surface area contributed by atoms with Crippen molar-refractivity contribution in [2.24, 2.45) is 29.8 Å². The zero-order chi connectivity index (χ0) is 41.4. The number of morpholine rings is 1. The summed E-state index contributed by atoms with van der Waals surface area (Å²) in [5, 5.41) is 8.95. The highest BCUT2D eigenvalue weighted by atomic mass is 16.5. The minimum atomic E-state index is -0.548. The number of amides is 3. The second-order valence-electron chi connectivity index (χ2n) is 15.0. The van der Waals surface area contributed by atoms with Crippen LogP contribution < -0.4 is 17.0 Å². The SMILES string of the molecule is CCn1nc(C)cc1C(=O)/N=c1\n(C)c2cc(C(N)=O)ccc2n1C/C(C)=C(\C)Cn1/c(=N/C(=O)c2cc(C)nn2CC)n(C)c2c(CN3CCOCC3)cccc21. The van der Waals surface area contributed by atoms with Crippen molar-refractivity contribution in [3.8, 4) is 0 Å². The Hall–Kier alpha value is -6.13. The molecule has 7 rings (SSSR count). The lowest BCUT2D eigenvalue weighted by molar-refractivity contribution is 0.0343. The van der Waals surface area contributed by atoms with Crippen molar-refractivity contribution < 1.29 is 19.1 Å². The lowest BCUT2D eigenvalue weighted by atomic mass is 10.1. The van der Waals surface area contributed by atoms with Gasteiger partial charge in [-0.15, -0.1) is 0 Å². The first-order valence-electron chi connectivity index (χ1n) is 19.7. The fourth-order valence-electron chi connectivity index (χ4n) is 7.81. The molecule has 3 amide bonds. The molecule has 0 aliphatic carbocycles. The maximum absolute atomic E-state index is 13.9. The first-order chi connectivity index (χ1) is 27.8. The molecular formula is C42H52N12O4. The fraction of sp³-hybridized carbons (Fsp3) is 0.405. The molecule has 2 N–H and O–H groups in total. The molecule has 0 spiro atoms. The molecule has 1 aliphatic rings. The number of rotatable bonds is 11. The van der Waals surface area contributed by atoms with E-state index in [0.717, 1.165) is 64.3 Å². The number of hydrogen-bond acceptors (Lipinski definition) is 7. The second-order valence-corrected chi connectivity index (χ2v) is 15.0. The van der Waals surface area contributed by atoms with Gasteiger partial charge in [0.2, 0.25) is 17.1 Å². The van der Waals surface area contributed by atoms with E-state index in [9.17, 15) is 14.4 Å². The van der Waals surface area contributed by atoms with Gasteiger partial charge in [0.05, 0.1) is 46.7 Å². The van der Waals surface area contributed by atoms with Crippen LogP contribution in [0, 0.1) is 13.8 Å². The highest BCUT2D eigenvalue weighted by molar-refractivity contribution is 5.97. The summed E-state index contributed by atoms with van der Waals surface area (Å²) < 4.78 is 16.9. The number of ether oxygens (including phenoxy) is 1. The van der Waals surface area contributed by atoms with E-state index in [1.165, 1.54) is 0 Å². The van der Waals surface area contributed by atoms with E-state index in [0.29, 0.717) is 73.1 Å². The Morgan fingerprint density at radius 3 is 1.84 bits per heavy atom. The first-order valence-corrected chi connectivity index (χ1v) is 19.7. The van der Waals surface area contributed by atoms with E-state index in [1.54, 1.807) is 33.6 Å². The number of fused-ring (bicyclic) bond motifs is 2. The van der Waals surface area contributed by atoms with Gasteiger partial charge in [0.25, 0.3) is 11.8 Å². The highest BCUT2D eigenvalue weighted by Gasteiger charge is 2.21. The number of aryl methyl sites for hydroxylation is 6. The van der Waals surface area contributed by atoms with Crippen LogP contribution in [0.1, 0.15) is 76.0 Å². The topological polar surface area (TPSA) is 170 Å². The van der Waals surface area contributed by atoms with Crippen molar-refractivity contribution in [2.45, 2.75) is 74.3 Å². The molecule has 6 aromatic rings. The number of allylic oxidation sites excluding steroid dienone is 2. The molecule has 304 valence electrons. The number of aromatic nitrogens is 8. The molecule has 5 heterocycles. The number of nitrogens with zero attached hydrogens (tertiary/aromatic N) is 11. The summed E-state index contributed by atoms with van der Waals surface area (Å²) >= 11 is 0. The van der Waals surface area contributed by atoms with Crippen molar-refractivity contribution in [1.29, 1.82) is 0 Å². The average molecular weight is 789 g/mol. The van der Waals surface area contributed by atoms with E-state index >= 15 is 0 Å². The summed E-state index contributed by atoms with van der Waals surface area (Å²) in [6.45, 7) is 17.4. The standard InChI is InChI=1S/C42H52N12O4/c1-9-53-35(20-28(5)46-53)39(56)44-41-48(7)34-22-30(38(43)55)14-15-32(34)51(41)23-26(3)27(4)24-52-33-13-11-12-31(25-50-16-18-58-19-17-50)37(33)49(8)42(52)45-40(57)36-21-29(6)47-54(36)10-2/h11-15,20-22H,9-10,16-19,23-25H2,1-8H3,(H2,43,55)/b27-26+,44-41+,45-42+. The molecule has 0 atom stereocenters. The Bertz CT molecular complexity index is 2760. The molecule has 1 fully saturated rings. The van der Waals surface area contributed by atoms with E-state index in [-0.39, 0.29) is 5.91 Å². The molecule has 0 saturated carbocycles. The molecule has 16 nitrogen and oxygen atoms in total. The van der Waals surface area contributed by atoms with Crippen molar-refractivity contribution in [3.05, 3.63) is 105 Å². The Morgan fingerprint density at radius 2 is 1.29 bits per heavy atom. The number of imidazole rings is 2. The maximum atomic E-state index is 13.9. The molecule has 0 bridgehead atoms. The number of benzene rings is 2. The normalized spacial score (nSPS) is 14.9. The third-order valence-electron chi connectivity index (χ3n) is 11.0. The monoisotopic (exact) mass is 788 g/mol. The average Bonchev–Trinajstić information content (AvgIpc) is 3.93. The molecule has 16 heteroatoms. The third-order valence-corrected chi connectivity index (χ3v) is 11.0. The van der Waals surface area contributed by atoms with E-state index in [4.69, 9.17) is 15.5 Å². The molecule has 0 radical (unpaired) electrons. The third kappa shape index (κ3) is 7.64. The minimum Gasteiger partial charge on any atom is -0.379 e. The molecule has 1 aliphatic heterocycles. The molecule has 58 heavy (non-hydrogen) atoms. The van der Waals surface area contributed by atoms with Crippen LogP contribution in [0.2, 0.25) is 0 Å². The fourth-order valence-corrected chi connectivity index (χ4v) is 7.81. The number of para-hydroxylation sites is 1. The van der Waals surface area contributed by atoms with Gasteiger partial charge in [-0.25, -0.2) is 0 Å². The van der Waals surface area contributed by atoms with E-state index in [2.05, 4.69) is 56.7 Å². The quantitative estimate of drug-likeness (QED) is 0.195. The van der Waals surface area contributed by atoms with Gasteiger partial charge in [0, 0.05) is 65.5 Å². The van der Waals surface area contributed by atoms with Gasteiger partial charge in [0.1, 0.15) is 11.4 Å². The summed E-state index contributed by atoms with van der Waals surface area (Å²) in [5.41, 5.74) is 15.9. The van der Waals surface area contributed by atoms with E-state index in [1.807, 2.05) is 61.6 Å². The Balaban J connectivity index is 1.36. The van der Waals surface area contributed by atoms with Gasteiger partial charge < -0.3 is 28.7 Å². The zero-order valence-corrected chi connectivity index (χ0v) is 34.6. The summed E-state index contributed by atoms with van der Waals surface area (Å²) in [4.78, 5) is 51.8. The van der Waals surface area contributed by atoms with Crippen LogP contribution in [0.15, 0.2) is 69.7 Å². The molecular weight excluding hydrogens is 737 g/mol. The van der Waals surface area contributed by atoms with Crippen LogP contribution in [0.4, 0.5) is 0 Å². The smallest absolute Gasteiger partial charge is 0.298 e. The lowest BCUT2D eigenvalue weighted by Gasteiger charge is -2.26. The van der Waals surface area contributed by atoms with Crippen molar-refractivity contribution in [2.75, 3.05) is 26.3 Å². The van der Waals surface area contributed by atoms with Crippen LogP contribution in [-0.4, -0.2) is 86.8 Å². The summed E-state index contributed by atoms with van der Waals surface area (Å²) in [6.07, 6.45) is 0. The summed E-state index contributed by atoms with van der Waals surface area (Å²) in [5.74, 6) is -1.34. The van der Waals surface area contributed by atoms with Gasteiger partial charge in [-0.1, -0.05) is 23.3 Å². The number of hydrogen-bond donors (Lipinski definition) is 1. The lowest BCUT2D eigenvalue weighted by Crippen LogP contribution is -2.35. The zero-order valence-electron chi connectivity index (χ0n) is 34.6. The number of carbonyl (C=O) groups is 3. The number of nitrogens with two attached hydrogens (primary N) is 1. The molecule has 2 aromatic carbocycles. The van der Waals surface area contributed by atoms with Crippen LogP contribution >= 0.6 is 0 Å². The van der Waals surface area contributed by atoms with Gasteiger partial charge in [-0.3, -0.25) is 28.6 Å². The second kappa shape index (κ2) is 16.4. The number of primary amides is 1. The van der Waals surface area contributed by atoms with Gasteiger partial charge in [0.15, 0.2) is 0 Å². The molecule has 4 aromatic heterocycles. The number of carbonyl (C=O) groups excluding carboxylic acids is 3. The largest absolute Gasteiger partial charge is 0.379 e. The maximum Gasteiger partial charge on any atom is 0.298 e. The van der Waals surface area contributed by atoms with Crippen LogP contribution in [0.3, 0.4) is 0 Å². The van der Waals surface area contributed by atoms with Crippen LogP contribution in [-0.2, 0) is 51.6 Å². The van der Waals surface area contributed by atoms with Crippen LogP contribution in [0.25, 0.3) is 22.1 Å². The molecule has 0 unspecified atom stereocenters. The predicted molar refractivity (Wildman–Crippen MR) is 220 cm³/mol. The van der Waals surface area contributed by atoms with Gasteiger partial charge in [-0.05, 0) is 83.5 Å². The Labute approximate surface area is 336 Å². The first kappa shape index (κ1) is 40.1. The Morgan fingerprint density at radius 1 is 0.741 bits per heavy atom. The van der Waals surface area contributed by atoms with Crippen molar-refractivity contribution in [3.63, 3.8) is 0 Å². The minimum absolute atomic E-state index is 0.351. The highest BCUT2D eigenvalue weighted by Crippen LogP contribution is 2.23. The summed E-state index contributed by atoms with van der Waals surface area (Å²) in [6, 6.07) is 15.0. The molecule has 1 saturated heterocycles. The van der Waals surface area contributed by atoms with Gasteiger partial charge in [-0.2, -0.15) is 20.2 Å². The predicted octanol–water partition coefficient (Wildman–Crippen LogP) is 3.77.